The average Bonchev–Trinajstić information content (AvgIpc) is 2.81. The Hall–Kier alpha value is -2.96. The lowest BCUT2D eigenvalue weighted by Gasteiger charge is -2.01. The Bertz CT molecular complexity index is 764. The highest BCUT2D eigenvalue weighted by Crippen LogP contribution is 2.23. The summed E-state index contributed by atoms with van der Waals surface area (Å²) in [5.74, 6) is -0.484. The first-order chi connectivity index (χ1) is 9.18. The monoisotopic (exact) mass is 254 g/mol. The van der Waals surface area contributed by atoms with E-state index in [1.54, 1.807) is 0 Å². The molecule has 0 bridgehead atoms. The number of aromatic nitrogens is 4. The quantitative estimate of drug-likeness (QED) is 0.691. The van der Waals surface area contributed by atoms with Crippen LogP contribution in [-0.4, -0.2) is 25.7 Å². The van der Waals surface area contributed by atoms with Gasteiger partial charge in [0.2, 0.25) is 0 Å². The number of anilines is 1. The summed E-state index contributed by atoms with van der Waals surface area (Å²) in [5.41, 5.74) is 12.4. The highest BCUT2D eigenvalue weighted by atomic mass is 16.1. The Kier molecular flexibility index (Phi) is 2.38. The smallest absolute Gasteiger partial charge is 0.270 e. The topological polar surface area (TPSA) is 113 Å². The van der Waals surface area contributed by atoms with Crippen LogP contribution in [-0.2, 0) is 0 Å². The van der Waals surface area contributed by atoms with Crippen LogP contribution in [0.3, 0.4) is 0 Å². The first-order valence-electron chi connectivity index (χ1n) is 5.53. The van der Waals surface area contributed by atoms with Gasteiger partial charge in [-0.3, -0.25) is 4.79 Å². The molecular formula is C12H10N6O. The standard InChI is InChI=1S/C12H10N6O/c13-10-8-9(11(14)19)17-18(12(8)16-6-15-10)7-4-2-1-3-5-7/h1-6H,(H2,14,19)(H2,13,15,16). The zero-order valence-corrected chi connectivity index (χ0v) is 9.82. The molecule has 94 valence electrons. The summed E-state index contributed by atoms with van der Waals surface area (Å²) in [6.45, 7) is 0. The summed E-state index contributed by atoms with van der Waals surface area (Å²) in [7, 11) is 0. The molecule has 1 amide bonds. The fourth-order valence-electron chi connectivity index (χ4n) is 1.90. The molecule has 7 nitrogen and oxygen atoms in total. The molecule has 0 unspecified atom stereocenters. The molecule has 7 heteroatoms. The van der Waals surface area contributed by atoms with Gasteiger partial charge >= 0.3 is 0 Å². The van der Waals surface area contributed by atoms with Gasteiger partial charge in [0, 0.05) is 0 Å². The van der Waals surface area contributed by atoms with Crippen molar-refractivity contribution in [3.8, 4) is 5.69 Å². The minimum atomic E-state index is -0.666. The second kappa shape index (κ2) is 4.05. The molecule has 3 aromatic rings. The maximum Gasteiger partial charge on any atom is 0.270 e. The average molecular weight is 254 g/mol. The molecule has 0 radical (unpaired) electrons. The number of amides is 1. The van der Waals surface area contributed by atoms with Gasteiger partial charge in [-0.1, -0.05) is 18.2 Å². The number of nitrogens with zero attached hydrogens (tertiary/aromatic N) is 4. The van der Waals surface area contributed by atoms with Crippen molar-refractivity contribution in [3.63, 3.8) is 0 Å². The zero-order valence-electron chi connectivity index (χ0n) is 9.82. The fourth-order valence-corrected chi connectivity index (χ4v) is 1.90. The highest BCUT2D eigenvalue weighted by Gasteiger charge is 2.19. The van der Waals surface area contributed by atoms with Crippen molar-refractivity contribution in [3.05, 3.63) is 42.4 Å². The minimum absolute atomic E-state index is 0.0666. The van der Waals surface area contributed by atoms with Crippen molar-refractivity contribution in [1.29, 1.82) is 0 Å². The number of nitrogens with two attached hydrogens (primary N) is 2. The van der Waals surface area contributed by atoms with Gasteiger partial charge in [0.25, 0.3) is 5.91 Å². The van der Waals surface area contributed by atoms with Crippen molar-refractivity contribution in [2.75, 3.05) is 5.73 Å². The number of rotatable bonds is 2. The predicted molar refractivity (Wildman–Crippen MR) is 69.6 cm³/mol. The third-order valence-corrected chi connectivity index (χ3v) is 2.73. The summed E-state index contributed by atoms with van der Waals surface area (Å²) < 4.78 is 1.52. The van der Waals surface area contributed by atoms with E-state index in [2.05, 4.69) is 15.1 Å². The van der Waals surface area contributed by atoms with Gasteiger partial charge in [0.05, 0.1) is 11.1 Å². The Balaban J connectivity index is 2.39. The Morgan fingerprint density at radius 3 is 2.58 bits per heavy atom. The molecule has 0 saturated heterocycles. The zero-order chi connectivity index (χ0) is 13.4. The maximum atomic E-state index is 11.4. The molecule has 3 rings (SSSR count). The maximum absolute atomic E-state index is 11.4. The molecule has 0 aliphatic carbocycles. The van der Waals surface area contributed by atoms with E-state index in [-0.39, 0.29) is 11.5 Å². The van der Waals surface area contributed by atoms with Crippen molar-refractivity contribution >= 4 is 22.8 Å². The summed E-state index contributed by atoms with van der Waals surface area (Å²) in [5, 5.41) is 4.55. The van der Waals surface area contributed by atoms with E-state index < -0.39 is 5.91 Å². The van der Waals surface area contributed by atoms with E-state index in [9.17, 15) is 4.79 Å². The van der Waals surface area contributed by atoms with E-state index in [1.165, 1.54) is 11.0 Å². The van der Waals surface area contributed by atoms with Crippen LogP contribution < -0.4 is 11.5 Å². The van der Waals surface area contributed by atoms with Crippen LogP contribution in [0, 0.1) is 0 Å². The first kappa shape index (κ1) is 11.1. The third-order valence-electron chi connectivity index (χ3n) is 2.73. The molecule has 19 heavy (non-hydrogen) atoms. The van der Waals surface area contributed by atoms with Gasteiger partial charge < -0.3 is 11.5 Å². The molecule has 0 aliphatic rings. The molecule has 2 heterocycles. The molecule has 0 aliphatic heterocycles. The van der Waals surface area contributed by atoms with Crippen LogP contribution in [0.5, 0.6) is 0 Å². The van der Waals surface area contributed by atoms with Crippen LogP contribution in [0.25, 0.3) is 16.7 Å². The van der Waals surface area contributed by atoms with Crippen LogP contribution in [0.2, 0.25) is 0 Å². The highest BCUT2D eigenvalue weighted by molar-refractivity contribution is 6.07. The van der Waals surface area contributed by atoms with Crippen molar-refractivity contribution in [2.45, 2.75) is 0 Å². The number of para-hydroxylation sites is 1. The molecular weight excluding hydrogens is 244 g/mol. The molecule has 2 aromatic heterocycles. The summed E-state index contributed by atoms with van der Waals surface area (Å²) >= 11 is 0. The van der Waals surface area contributed by atoms with Gasteiger partial charge in [-0.25, -0.2) is 14.6 Å². The van der Waals surface area contributed by atoms with E-state index in [1.807, 2.05) is 30.3 Å². The number of benzene rings is 1. The van der Waals surface area contributed by atoms with Gasteiger partial charge in [-0.15, -0.1) is 0 Å². The Morgan fingerprint density at radius 1 is 1.16 bits per heavy atom. The lowest BCUT2D eigenvalue weighted by atomic mass is 10.2. The Labute approximate surface area is 107 Å². The summed E-state index contributed by atoms with van der Waals surface area (Å²) in [6, 6.07) is 9.28. The number of hydrogen-bond donors (Lipinski definition) is 2. The van der Waals surface area contributed by atoms with Crippen LogP contribution in [0.4, 0.5) is 5.82 Å². The van der Waals surface area contributed by atoms with Crippen LogP contribution in [0.15, 0.2) is 36.7 Å². The SMILES string of the molecule is NC(=O)c1nn(-c2ccccc2)c2ncnc(N)c12. The molecule has 0 atom stereocenters. The number of primary amides is 1. The van der Waals surface area contributed by atoms with E-state index in [4.69, 9.17) is 11.5 Å². The van der Waals surface area contributed by atoms with Crippen molar-refractivity contribution in [1.82, 2.24) is 19.7 Å². The van der Waals surface area contributed by atoms with Gasteiger partial charge in [-0.05, 0) is 12.1 Å². The first-order valence-corrected chi connectivity index (χ1v) is 5.53. The van der Waals surface area contributed by atoms with Gasteiger partial charge in [-0.2, -0.15) is 5.10 Å². The number of carbonyl (C=O) groups excluding carboxylic acids is 1. The predicted octanol–water partition coefficient (Wildman–Crippen LogP) is 0.497. The lowest BCUT2D eigenvalue weighted by molar-refractivity contribution is 0.0996. The van der Waals surface area contributed by atoms with E-state index >= 15 is 0 Å². The van der Waals surface area contributed by atoms with Crippen molar-refractivity contribution in [2.24, 2.45) is 5.73 Å². The van der Waals surface area contributed by atoms with Crippen molar-refractivity contribution < 1.29 is 4.79 Å². The fraction of sp³-hybridized carbons (Fsp3) is 0. The molecule has 1 aromatic carbocycles. The lowest BCUT2D eigenvalue weighted by Crippen LogP contribution is -2.13. The number of hydrogen-bond acceptors (Lipinski definition) is 5. The second-order valence-electron chi connectivity index (χ2n) is 3.92. The van der Waals surface area contributed by atoms with Gasteiger partial charge in [0.15, 0.2) is 11.3 Å². The molecule has 0 saturated carbocycles. The van der Waals surface area contributed by atoms with Crippen LogP contribution in [0.1, 0.15) is 10.5 Å². The normalized spacial score (nSPS) is 10.7. The summed E-state index contributed by atoms with van der Waals surface area (Å²) in [4.78, 5) is 19.4. The number of carbonyl (C=O) groups is 1. The van der Waals surface area contributed by atoms with Gasteiger partial charge in [0.1, 0.15) is 12.1 Å². The number of nitrogen functional groups attached to an aromatic ring is 1. The molecule has 0 fully saturated rings. The Morgan fingerprint density at radius 2 is 1.89 bits per heavy atom. The second-order valence-corrected chi connectivity index (χ2v) is 3.92. The largest absolute Gasteiger partial charge is 0.383 e. The minimum Gasteiger partial charge on any atom is -0.383 e. The number of fused-ring (bicyclic) bond motifs is 1. The van der Waals surface area contributed by atoms with E-state index in [0.717, 1.165) is 5.69 Å². The molecule has 0 spiro atoms. The summed E-state index contributed by atoms with van der Waals surface area (Å²) in [6.07, 6.45) is 1.32. The van der Waals surface area contributed by atoms with E-state index in [0.29, 0.717) is 11.0 Å². The van der Waals surface area contributed by atoms with Crippen LogP contribution >= 0.6 is 0 Å². The molecule has 4 N–H and O–H groups in total. The third kappa shape index (κ3) is 1.68.